The van der Waals surface area contributed by atoms with Crippen LogP contribution in [0.1, 0.15) is 31.1 Å². The lowest BCUT2D eigenvalue weighted by Gasteiger charge is -2.08. The van der Waals surface area contributed by atoms with Gasteiger partial charge in [-0.05, 0) is 44.5 Å². The monoisotopic (exact) mass is 237 g/mol. The maximum absolute atomic E-state index is 6.26. The highest BCUT2D eigenvalue weighted by Gasteiger charge is 2.14. The van der Waals surface area contributed by atoms with Gasteiger partial charge in [-0.25, -0.2) is 0 Å². The van der Waals surface area contributed by atoms with Crippen LogP contribution in [0.4, 0.5) is 0 Å². The molecule has 2 aromatic rings. The number of hydrogen-bond acceptors (Lipinski definition) is 3. The molecule has 2 rings (SSSR count). The molecule has 1 nitrogen and oxygen atoms in total. The van der Waals surface area contributed by atoms with Gasteiger partial charge >= 0.3 is 0 Å². The SMILES string of the molecule is Cc1ccc(C(N)c2cc(C)sc2C)s1. The van der Waals surface area contributed by atoms with Gasteiger partial charge in [0.1, 0.15) is 0 Å². The summed E-state index contributed by atoms with van der Waals surface area (Å²) in [5, 5.41) is 0. The fraction of sp³-hybridized carbons (Fsp3) is 0.333. The molecule has 0 spiro atoms. The Morgan fingerprint density at radius 3 is 2.27 bits per heavy atom. The Labute approximate surface area is 98.6 Å². The zero-order valence-electron chi connectivity index (χ0n) is 9.20. The second-order valence-electron chi connectivity index (χ2n) is 3.79. The summed E-state index contributed by atoms with van der Waals surface area (Å²) in [7, 11) is 0. The van der Waals surface area contributed by atoms with Gasteiger partial charge in [0.2, 0.25) is 0 Å². The molecule has 0 saturated heterocycles. The third-order valence-corrected chi connectivity index (χ3v) is 4.55. The van der Waals surface area contributed by atoms with Crippen molar-refractivity contribution in [3.05, 3.63) is 43.3 Å². The van der Waals surface area contributed by atoms with Gasteiger partial charge in [0.05, 0.1) is 6.04 Å². The van der Waals surface area contributed by atoms with E-state index in [0.717, 1.165) is 0 Å². The van der Waals surface area contributed by atoms with Crippen LogP contribution in [0.15, 0.2) is 18.2 Å². The van der Waals surface area contributed by atoms with Crippen molar-refractivity contribution in [2.45, 2.75) is 26.8 Å². The Kier molecular flexibility index (Phi) is 2.96. The smallest absolute Gasteiger partial charge is 0.0656 e. The van der Waals surface area contributed by atoms with E-state index >= 15 is 0 Å². The Hall–Kier alpha value is -0.640. The molecule has 3 heteroatoms. The average molecular weight is 237 g/mol. The third-order valence-electron chi connectivity index (χ3n) is 2.48. The zero-order valence-corrected chi connectivity index (χ0v) is 10.8. The van der Waals surface area contributed by atoms with Crippen molar-refractivity contribution in [2.24, 2.45) is 5.73 Å². The Bertz CT molecular complexity index is 468. The summed E-state index contributed by atoms with van der Waals surface area (Å²) >= 11 is 3.61. The summed E-state index contributed by atoms with van der Waals surface area (Å²) in [6.45, 7) is 6.40. The van der Waals surface area contributed by atoms with Gasteiger partial charge in [-0.1, -0.05) is 0 Å². The van der Waals surface area contributed by atoms with Crippen LogP contribution in [0.2, 0.25) is 0 Å². The van der Waals surface area contributed by atoms with Crippen LogP contribution in [0.3, 0.4) is 0 Å². The van der Waals surface area contributed by atoms with Gasteiger partial charge < -0.3 is 5.73 Å². The lowest BCUT2D eigenvalue weighted by molar-refractivity contribution is 0.890. The molecule has 0 amide bonds. The number of nitrogens with two attached hydrogens (primary N) is 1. The summed E-state index contributed by atoms with van der Waals surface area (Å²) in [6, 6.07) is 6.53. The minimum absolute atomic E-state index is 0.0497. The van der Waals surface area contributed by atoms with E-state index in [1.54, 1.807) is 11.3 Å². The van der Waals surface area contributed by atoms with Crippen LogP contribution < -0.4 is 5.73 Å². The lowest BCUT2D eigenvalue weighted by Crippen LogP contribution is -2.10. The highest BCUT2D eigenvalue weighted by molar-refractivity contribution is 7.12. The molecule has 2 heterocycles. The van der Waals surface area contributed by atoms with E-state index in [1.807, 2.05) is 11.3 Å². The normalized spacial score (nSPS) is 13.1. The second-order valence-corrected chi connectivity index (χ2v) is 6.57. The van der Waals surface area contributed by atoms with Gasteiger partial charge in [-0.3, -0.25) is 0 Å². The van der Waals surface area contributed by atoms with E-state index in [-0.39, 0.29) is 6.04 Å². The molecule has 0 saturated carbocycles. The largest absolute Gasteiger partial charge is 0.320 e. The van der Waals surface area contributed by atoms with Crippen molar-refractivity contribution in [2.75, 3.05) is 0 Å². The van der Waals surface area contributed by atoms with E-state index in [9.17, 15) is 0 Å². The number of aryl methyl sites for hydroxylation is 3. The summed E-state index contributed by atoms with van der Waals surface area (Å²) in [4.78, 5) is 5.26. The molecule has 0 bridgehead atoms. The molecular formula is C12H15NS2. The first-order valence-corrected chi connectivity index (χ1v) is 6.60. The van der Waals surface area contributed by atoms with Crippen LogP contribution in [-0.4, -0.2) is 0 Å². The van der Waals surface area contributed by atoms with E-state index in [4.69, 9.17) is 5.73 Å². The molecule has 0 aliphatic heterocycles. The van der Waals surface area contributed by atoms with Crippen LogP contribution in [0, 0.1) is 20.8 Å². The van der Waals surface area contributed by atoms with Crippen LogP contribution >= 0.6 is 22.7 Å². The van der Waals surface area contributed by atoms with Crippen LogP contribution in [-0.2, 0) is 0 Å². The van der Waals surface area contributed by atoms with Gasteiger partial charge in [-0.2, -0.15) is 0 Å². The highest BCUT2D eigenvalue weighted by atomic mass is 32.1. The van der Waals surface area contributed by atoms with Crippen molar-refractivity contribution in [3.8, 4) is 0 Å². The average Bonchev–Trinajstić information content (AvgIpc) is 2.71. The summed E-state index contributed by atoms with van der Waals surface area (Å²) in [6.07, 6.45) is 0. The molecule has 1 unspecified atom stereocenters. The van der Waals surface area contributed by atoms with Crippen LogP contribution in [0.5, 0.6) is 0 Å². The molecule has 0 aliphatic rings. The molecule has 0 aromatic carbocycles. The van der Waals surface area contributed by atoms with E-state index < -0.39 is 0 Å². The first-order valence-electron chi connectivity index (χ1n) is 4.97. The van der Waals surface area contributed by atoms with E-state index in [2.05, 4.69) is 39.0 Å². The van der Waals surface area contributed by atoms with Gasteiger partial charge in [0.15, 0.2) is 0 Å². The lowest BCUT2D eigenvalue weighted by atomic mass is 10.1. The molecular weight excluding hydrogens is 222 g/mol. The Balaban J connectivity index is 2.35. The van der Waals surface area contributed by atoms with Crippen molar-refractivity contribution < 1.29 is 0 Å². The van der Waals surface area contributed by atoms with E-state index in [0.29, 0.717) is 0 Å². The van der Waals surface area contributed by atoms with Crippen molar-refractivity contribution >= 4 is 22.7 Å². The minimum Gasteiger partial charge on any atom is -0.320 e. The van der Waals surface area contributed by atoms with Crippen molar-refractivity contribution in [3.63, 3.8) is 0 Å². The van der Waals surface area contributed by atoms with Crippen molar-refractivity contribution in [1.82, 2.24) is 0 Å². The summed E-state index contributed by atoms with van der Waals surface area (Å²) in [5.41, 5.74) is 7.54. The second kappa shape index (κ2) is 4.08. The third kappa shape index (κ3) is 2.14. The topological polar surface area (TPSA) is 26.0 Å². The predicted molar refractivity (Wildman–Crippen MR) is 68.9 cm³/mol. The molecule has 80 valence electrons. The predicted octanol–water partition coefficient (Wildman–Crippen LogP) is 3.78. The minimum atomic E-state index is 0.0497. The highest BCUT2D eigenvalue weighted by Crippen LogP contribution is 2.32. The van der Waals surface area contributed by atoms with Crippen LogP contribution in [0.25, 0.3) is 0 Å². The summed E-state index contributed by atoms with van der Waals surface area (Å²) in [5.74, 6) is 0. The number of rotatable bonds is 2. The molecule has 0 radical (unpaired) electrons. The maximum Gasteiger partial charge on any atom is 0.0656 e. The molecule has 0 fully saturated rings. The van der Waals surface area contributed by atoms with E-state index in [1.165, 1.54) is 25.1 Å². The van der Waals surface area contributed by atoms with Gasteiger partial charge in [-0.15, -0.1) is 22.7 Å². The fourth-order valence-corrected chi connectivity index (χ4v) is 3.60. The molecule has 2 aromatic heterocycles. The first kappa shape index (κ1) is 10.9. The molecule has 1 atom stereocenters. The first-order chi connectivity index (χ1) is 7.08. The number of hydrogen-bond donors (Lipinski definition) is 1. The molecule has 2 N–H and O–H groups in total. The zero-order chi connectivity index (χ0) is 11.0. The van der Waals surface area contributed by atoms with Gasteiger partial charge in [0, 0.05) is 19.5 Å². The molecule has 0 aliphatic carbocycles. The van der Waals surface area contributed by atoms with Crippen molar-refractivity contribution in [1.29, 1.82) is 0 Å². The molecule has 15 heavy (non-hydrogen) atoms. The standard InChI is InChI=1S/C12H15NS2/c1-7-4-5-11(15-7)12(13)10-6-8(2)14-9(10)3/h4-6,12H,13H2,1-3H3. The fourth-order valence-electron chi connectivity index (χ4n) is 1.73. The summed E-state index contributed by atoms with van der Waals surface area (Å²) < 4.78 is 0. The number of thiophene rings is 2. The Morgan fingerprint density at radius 2 is 1.80 bits per heavy atom. The maximum atomic E-state index is 6.26. The Morgan fingerprint density at radius 1 is 1.07 bits per heavy atom. The van der Waals surface area contributed by atoms with Gasteiger partial charge in [0.25, 0.3) is 0 Å². The quantitative estimate of drug-likeness (QED) is 0.845.